The fraction of sp³-hybridized carbons (Fsp3) is 0.348. The Morgan fingerprint density at radius 1 is 0.897 bits per heavy atom. The van der Waals surface area contributed by atoms with Crippen LogP contribution in [0.3, 0.4) is 0 Å². The van der Waals surface area contributed by atoms with Gasteiger partial charge in [0.2, 0.25) is 0 Å². The Kier molecular flexibility index (Phi) is 7.39. The second-order valence-corrected chi connectivity index (χ2v) is 7.04. The van der Waals surface area contributed by atoms with Crippen LogP contribution in [0.5, 0.6) is 0 Å². The zero-order valence-corrected chi connectivity index (χ0v) is 16.3. The standard InChI is InChI=1S/C23H25NO5/c25-21(19-11-5-2-6-12-19)17-28-22(26)15-20-13-7-8-14-24(20)23(27)29-16-18-9-3-1-4-10-18/h1-6,9-12,20H,7-8,13-17H2/t20-/m0/s1. The lowest BCUT2D eigenvalue weighted by atomic mass is 10.00. The second kappa shape index (κ2) is 10.4. The third-order valence-corrected chi connectivity index (χ3v) is 4.93. The van der Waals surface area contributed by atoms with Crippen molar-refractivity contribution in [2.45, 2.75) is 38.3 Å². The second-order valence-electron chi connectivity index (χ2n) is 7.04. The molecule has 0 aromatic heterocycles. The molecule has 1 heterocycles. The number of amides is 1. The van der Waals surface area contributed by atoms with Crippen molar-refractivity contribution in [1.29, 1.82) is 0 Å². The van der Waals surface area contributed by atoms with Crippen LogP contribution in [0.15, 0.2) is 60.7 Å². The Bertz CT molecular complexity index is 822. The first-order valence-corrected chi connectivity index (χ1v) is 9.84. The summed E-state index contributed by atoms with van der Waals surface area (Å²) in [6, 6.07) is 17.9. The van der Waals surface area contributed by atoms with Gasteiger partial charge in [-0.2, -0.15) is 0 Å². The molecule has 1 aliphatic rings. The molecule has 1 saturated heterocycles. The molecule has 6 heteroatoms. The number of nitrogens with zero attached hydrogens (tertiary/aromatic N) is 1. The number of likely N-dealkylation sites (tertiary alicyclic amines) is 1. The molecule has 0 N–H and O–H groups in total. The fourth-order valence-corrected chi connectivity index (χ4v) is 3.36. The van der Waals surface area contributed by atoms with Crippen molar-refractivity contribution in [2.24, 2.45) is 0 Å². The minimum Gasteiger partial charge on any atom is -0.457 e. The number of carbonyl (C=O) groups excluding carboxylic acids is 3. The summed E-state index contributed by atoms with van der Waals surface area (Å²) < 4.78 is 10.6. The Labute approximate surface area is 170 Å². The van der Waals surface area contributed by atoms with Crippen molar-refractivity contribution < 1.29 is 23.9 Å². The van der Waals surface area contributed by atoms with Gasteiger partial charge in [-0.05, 0) is 24.8 Å². The number of carbonyl (C=O) groups is 3. The van der Waals surface area contributed by atoms with E-state index < -0.39 is 12.1 Å². The van der Waals surface area contributed by atoms with Crippen molar-refractivity contribution in [2.75, 3.05) is 13.2 Å². The van der Waals surface area contributed by atoms with Crippen LogP contribution in [0.25, 0.3) is 0 Å². The maximum atomic E-state index is 12.5. The van der Waals surface area contributed by atoms with E-state index in [2.05, 4.69) is 0 Å². The quantitative estimate of drug-likeness (QED) is 0.523. The van der Waals surface area contributed by atoms with Gasteiger partial charge in [-0.25, -0.2) is 4.79 Å². The lowest BCUT2D eigenvalue weighted by Gasteiger charge is -2.34. The highest BCUT2D eigenvalue weighted by Crippen LogP contribution is 2.21. The highest BCUT2D eigenvalue weighted by atomic mass is 16.6. The zero-order chi connectivity index (χ0) is 20.5. The van der Waals surface area contributed by atoms with Gasteiger partial charge in [-0.1, -0.05) is 60.7 Å². The predicted molar refractivity (Wildman–Crippen MR) is 107 cm³/mol. The number of hydrogen-bond donors (Lipinski definition) is 0. The summed E-state index contributed by atoms with van der Waals surface area (Å²) >= 11 is 0. The molecule has 3 rings (SSSR count). The summed E-state index contributed by atoms with van der Waals surface area (Å²) in [5.41, 5.74) is 1.41. The topological polar surface area (TPSA) is 72.9 Å². The third kappa shape index (κ3) is 6.17. The van der Waals surface area contributed by atoms with Gasteiger partial charge in [0.15, 0.2) is 12.4 Å². The molecule has 0 unspecified atom stereocenters. The van der Waals surface area contributed by atoms with Crippen LogP contribution in [0.1, 0.15) is 41.6 Å². The molecule has 152 valence electrons. The first kappa shape index (κ1) is 20.6. The van der Waals surface area contributed by atoms with Crippen molar-refractivity contribution in [3.05, 3.63) is 71.8 Å². The van der Waals surface area contributed by atoms with Crippen molar-refractivity contribution in [1.82, 2.24) is 4.90 Å². The van der Waals surface area contributed by atoms with Gasteiger partial charge in [0, 0.05) is 18.2 Å². The lowest BCUT2D eigenvalue weighted by molar-refractivity contribution is -0.144. The number of ketones is 1. The Morgan fingerprint density at radius 3 is 2.31 bits per heavy atom. The molecule has 0 spiro atoms. The molecule has 1 aliphatic heterocycles. The summed E-state index contributed by atoms with van der Waals surface area (Å²) in [6.07, 6.45) is 2.15. The zero-order valence-electron chi connectivity index (χ0n) is 16.3. The highest BCUT2D eigenvalue weighted by molar-refractivity contribution is 5.97. The monoisotopic (exact) mass is 395 g/mol. The van der Waals surface area contributed by atoms with Gasteiger partial charge in [-0.15, -0.1) is 0 Å². The van der Waals surface area contributed by atoms with Crippen molar-refractivity contribution in [3.63, 3.8) is 0 Å². The van der Waals surface area contributed by atoms with Crippen LogP contribution in [0, 0.1) is 0 Å². The molecule has 0 saturated carbocycles. The number of rotatable bonds is 7. The number of hydrogen-bond acceptors (Lipinski definition) is 5. The van der Waals surface area contributed by atoms with E-state index >= 15 is 0 Å². The SMILES string of the molecule is O=C(C[C@@H]1CCCCN1C(=O)OCc1ccccc1)OCC(=O)c1ccccc1. The number of ether oxygens (including phenoxy) is 2. The fourth-order valence-electron chi connectivity index (χ4n) is 3.36. The van der Waals surface area contributed by atoms with Crippen LogP contribution in [-0.2, 0) is 20.9 Å². The van der Waals surface area contributed by atoms with Crippen molar-refractivity contribution >= 4 is 17.8 Å². The maximum absolute atomic E-state index is 12.5. The average Bonchev–Trinajstić information content (AvgIpc) is 2.77. The smallest absolute Gasteiger partial charge is 0.410 e. The van der Waals surface area contributed by atoms with E-state index in [1.807, 2.05) is 36.4 Å². The van der Waals surface area contributed by atoms with Crippen LogP contribution in [0.2, 0.25) is 0 Å². The van der Waals surface area contributed by atoms with E-state index in [-0.39, 0.29) is 31.5 Å². The van der Waals surface area contributed by atoms with E-state index in [9.17, 15) is 14.4 Å². The third-order valence-electron chi connectivity index (χ3n) is 4.93. The number of esters is 1. The number of piperidine rings is 1. The molecular formula is C23H25NO5. The van der Waals surface area contributed by atoms with Gasteiger partial charge in [-0.3, -0.25) is 9.59 Å². The molecule has 2 aromatic carbocycles. The molecule has 29 heavy (non-hydrogen) atoms. The average molecular weight is 395 g/mol. The van der Waals surface area contributed by atoms with E-state index in [1.165, 1.54) is 0 Å². The molecule has 0 radical (unpaired) electrons. The molecule has 1 atom stereocenters. The predicted octanol–water partition coefficient (Wildman–Crippen LogP) is 3.99. The molecule has 1 amide bonds. The van der Waals surface area contributed by atoms with E-state index in [4.69, 9.17) is 9.47 Å². The summed E-state index contributed by atoms with van der Waals surface area (Å²) in [7, 11) is 0. The lowest BCUT2D eigenvalue weighted by Crippen LogP contribution is -2.45. The molecule has 0 aliphatic carbocycles. The summed E-state index contributed by atoms with van der Waals surface area (Å²) in [5, 5.41) is 0. The minimum absolute atomic E-state index is 0.0580. The van der Waals surface area contributed by atoms with E-state index in [1.54, 1.807) is 29.2 Å². The molecule has 2 aromatic rings. The number of benzene rings is 2. The van der Waals surface area contributed by atoms with Crippen molar-refractivity contribution in [3.8, 4) is 0 Å². The Balaban J connectivity index is 1.49. The van der Waals surface area contributed by atoms with Gasteiger partial charge in [0.1, 0.15) is 6.61 Å². The van der Waals surface area contributed by atoms with Crippen LogP contribution >= 0.6 is 0 Å². The number of Topliss-reactive ketones (excluding diaryl/α,β-unsaturated/α-hetero) is 1. The molecule has 1 fully saturated rings. The molecule has 0 bridgehead atoms. The molecule has 6 nitrogen and oxygen atoms in total. The molecular weight excluding hydrogens is 370 g/mol. The first-order chi connectivity index (χ1) is 14.1. The minimum atomic E-state index is -0.484. The normalized spacial score (nSPS) is 16.1. The first-order valence-electron chi connectivity index (χ1n) is 9.84. The Morgan fingerprint density at radius 2 is 1.59 bits per heavy atom. The van der Waals surface area contributed by atoms with E-state index in [0.29, 0.717) is 18.5 Å². The summed E-state index contributed by atoms with van der Waals surface area (Å²) in [6.45, 7) is 0.446. The summed E-state index contributed by atoms with van der Waals surface area (Å²) in [5.74, 6) is -0.733. The van der Waals surface area contributed by atoms with E-state index in [0.717, 1.165) is 18.4 Å². The highest BCUT2D eigenvalue weighted by Gasteiger charge is 2.30. The van der Waals surface area contributed by atoms with Crippen LogP contribution in [-0.4, -0.2) is 41.9 Å². The van der Waals surface area contributed by atoms with Gasteiger partial charge >= 0.3 is 12.1 Å². The Hall–Kier alpha value is -3.15. The van der Waals surface area contributed by atoms with Gasteiger partial charge < -0.3 is 14.4 Å². The van der Waals surface area contributed by atoms with Gasteiger partial charge in [0.25, 0.3) is 0 Å². The largest absolute Gasteiger partial charge is 0.457 e. The summed E-state index contributed by atoms with van der Waals surface area (Å²) in [4.78, 5) is 38.4. The maximum Gasteiger partial charge on any atom is 0.410 e. The van der Waals surface area contributed by atoms with Gasteiger partial charge in [0.05, 0.1) is 6.42 Å². The van der Waals surface area contributed by atoms with Crippen LogP contribution in [0.4, 0.5) is 4.79 Å². The van der Waals surface area contributed by atoms with Crippen LogP contribution < -0.4 is 0 Å².